The number of hydrogen-bond acceptors (Lipinski definition) is 3. The lowest BCUT2D eigenvalue weighted by Crippen LogP contribution is -2.42. The van der Waals surface area contributed by atoms with Crippen molar-refractivity contribution in [1.82, 2.24) is 5.32 Å². The maximum Gasteiger partial charge on any atom is 0.260 e. The van der Waals surface area contributed by atoms with Gasteiger partial charge in [0.1, 0.15) is 12.0 Å². The summed E-state index contributed by atoms with van der Waals surface area (Å²) in [6, 6.07) is 4.85. The number of aldehydes is 1. The van der Waals surface area contributed by atoms with Gasteiger partial charge in [0, 0.05) is 11.6 Å². The molecule has 0 aliphatic carbocycles. The first kappa shape index (κ1) is 16.5. The van der Waals surface area contributed by atoms with Gasteiger partial charge in [-0.1, -0.05) is 25.4 Å². The van der Waals surface area contributed by atoms with E-state index < -0.39 is 6.10 Å². The lowest BCUT2D eigenvalue weighted by molar-refractivity contribution is -0.128. The molecule has 1 unspecified atom stereocenters. The van der Waals surface area contributed by atoms with Crippen LogP contribution >= 0.6 is 11.6 Å². The highest BCUT2D eigenvalue weighted by atomic mass is 35.5. The van der Waals surface area contributed by atoms with Crippen LogP contribution in [0.4, 0.5) is 0 Å². The molecular weight excluding hydrogens is 278 g/mol. The van der Waals surface area contributed by atoms with Crippen LogP contribution in [0, 0.1) is 0 Å². The first-order chi connectivity index (χ1) is 9.51. The first-order valence-electron chi connectivity index (χ1n) is 6.73. The zero-order valence-electron chi connectivity index (χ0n) is 12.0. The Morgan fingerprint density at radius 3 is 2.55 bits per heavy atom. The van der Waals surface area contributed by atoms with E-state index in [1.807, 2.05) is 13.8 Å². The molecule has 0 saturated heterocycles. The minimum Gasteiger partial charge on any atom is -0.479 e. The summed E-state index contributed by atoms with van der Waals surface area (Å²) in [5.41, 5.74) is 0.469. The van der Waals surface area contributed by atoms with Gasteiger partial charge in [0.05, 0.1) is 5.02 Å². The van der Waals surface area contributed by atoms with E-state index in [9.17, 15) is 9.59 Å². The van der Waals surface area contributed by atoms with Gasteiger partial charge in [-0.25, -0.2) is 0 Å². The van der Waals surface area contributed by atoms with Crippen LogP contribution < -0.4 is 10.1 Å². The molecule has 0 spiro atoms. The molecule has 20 heavy (non-hydrogen) atoms. The molecular formula is C15H20ClNO3. The fourth-order valence-electron chi connectivity index (χ4n) is 1.74. The van der Waals surface area contributed by atoms with Gasteiger partial charge in [-0.05, 0) is 38.0 Å². The Balaban J connectivity index is 2.68. The van der Waals surface area contributed by atoms with Crippen molar-refractivity contribution in [3.8, 4) is 5.75 Å². The van der Waals surface area contributed by atoms with E-state index in [0.717, 1.165) is 12.8 Å². The van der Waals surface area contributed by atoms with Crippen molar-refractivity contribution in [3.63, 3.8) is 0 Å². The van der Waals surface area contributed by atoms with E-state index in [1.54, 1.807) is 19.1 Å². The van der Waals surface area contributed by atoms with Crippen molar-refractivity contribution in [3.05, 3.63) is 28.8 Å². The third-order valence-corrected chi connectivity index (χ3v) is 3.39. The maximum atomic E-state index is 12.0. The minimum absolute atomic E-state index is 0.154. The van der Waals surface area contributed by atoms with Crippen molar-refractivity contribution in [2.45, 2.75) is 45.8 Å². The monoisotopic (exact) mass is 297 g/mol. The van der Waals surface area contributed by atoms with Crippen molar-refractivity contribution in [2.24, 2.45) is 0 Å². The zero-order chi connectivity index (χ0) is 15.1. The topological polar surface area (TPSA) is 55.4 Å². The molecule has 4 nitrogen and oxygen atoms in total. The van der Waals surface area contributed by atoms with Crippen LogP contribution in [-0.4, -0.2) is 24.3 Å². The molecule has 1 atom stereocenters. The van der Waals surface area contributed by atoms with Crippen molar-refractivity contribution in [1.29, 1.82) is 0 Å². The summed E-state index contributed by atoms with van der Waals surface area (Å²) in [4.78, 5) is 22.6. The molecule has 1 amide bonds. The first-order valence-corrected chi connectivity index (χ1v) is 7.11. The molecule has 0 radical (unpaired) electrons. The molecule has 1 N–H and O–H groups in total. The number of amides is 1. The molecule has 0 heterocycles. The third-order valence-electron chi connectivity index (χ3n) is 3.10. The second-order valence-electron chi connectivity index (χ2n) is 4.59. The minimum atomic E-state index is -0.643. The normalized spacial score (nSPS) is 12.1. The van der Waals surface area contributed by atoms with Crippen LogP contribution in [0.5, 0.6) is 5.75 Å². The van der Waals surface area contributed by atoms with Gasteiger partial charge in [0.15, 0.2) is 6.10 Å². The molecule has 1 rings (SSSR count). The molecule has 0 aliphatic rings. The van der Waals surface area contributed by atoms with Crippen LogP contribution in [0.1, 0.15) is 44.0 Å². The smallest absolute Gasteiger partial charge is 0.260 e. The van der Waals surface area contributed by atoms with E-state index in [-0.39, 0.29) is 11.9 Å². The number of carbonyl (C=O) groups excluding carboxylic acids is 2. The summed E-state index contributed by atoms with van der Waals surface area (Å²) in [7, 11) is 0. The molecule has 1 aromatic carbocycles. The summed E-state index contributed by atoms with van der Waals surface area (Å²) in [6.07, 6.45) is 1.82. The van der Waals surface area contributed by atoms with Gasteiger partial charge >= 0.3 is 0 Å². The molecule has 1 aromatic rings. The number of carbonyl (C=O) groups is 2. The maximum absolute atomic E-state index is 12.0. The summed E-state index contributed by atoms with van der Waals surface area (Å²) >= 11 is 6.00. The van der Waals surface area contributed by atoms with Gasteiger partial charge in [0.25, 0.3) is 5.91 Å². The van der Waals surface area contributed by atoms with Gasteiger partial charge < -0.3 is 10.1 Å². The lowest BCUT2D eigenvalue weighted by atomic mass is 10.1. The van der Waals surface area contributed by atoms with Gasteiger partial charge in [0.2, 0.25) is 0 Å². The third kappa shape index (κ3) is 4.53. The predicted octanol–water partition coefficient (Wildman–Crippen LogP) is 3.22. The van der Waals surface area contributed by atoms with Gasteiger partial charge in [-0.3, -0.25) is 9.59 Å². The Bertz CT molecular complexity index is 472. The summed E-state index contributed by atoms with van der Waals surface area (Å²) in [5, 5.41) is 3.23. The average Bonchev–Trinajstić information content (AvgIpc) is 2.46. The predicted molar refractivity (Wildman–Crippen MR) is 79.4 cm³/mol. The number of nitrogens with one attached hydrogen (secondary N) is 1. The standard InChI is InChI=1S/C15H20ClNO3/c1-4-12(5-2)17-15(19)10(3)20-14-7-6-11(9-18)8-13(14)16/h6-10,12H,4-5H2,1-3H3,(H,17,19). The number of benzene rings is 1. The van der Waals surface area contributed by atoms with E-state index in [2.05, 4.69) is 5.32 Å². The Labute approximate surface area is 124 Å². The fourth-order valence-corrected chi connectivity index (χ4v) is 1.97. The second kappa shape index (κ2) is 7.90. The number of hydrogen-bond donors (Lipinski definition) is 1. The number of halogens is 1. The van der Waals surface area contributed by atoms with Gasteiger partial charge in [-0.2, -0.15) is 0 Å². The Kier molecular flexibility index (Phi) is 6.52. The fraction of sp³-hybridized carbons (Fsp3) is 0.467. The van der Waals surface area contributed by atoms with Crippen LogP contribution in [-0.2, 0) is 4.79 Å². The lowest BCUT2D eigenvalue weighted by Gasteiger charge is -2.20. The molecule has 0 saturated carbocycles. The van der Waals surface area contributed by atoms with Crippen molar-refractivity contribution in [2.75, 3.05) is 0 Å². The average molecular weight is 298 g/mol. The highest BCUT2D eigenvalue weighted by Crippen LogP contribution is 2.26. The summed E-state index contributed by atoms with van der Waals surface area (Å²) in [6.45, 7) is 5.71. The highest BCUT2D eigenvalue weighted by molar-refractivity contribution is 6.32. The molecule has 0 fully saturated rings. The molecule has 0 aliphatic heterocycles. The second-order valence-corrected chi connectivity index (χ2v) is 5.00. The van der Waals surface area contributed by atoms with Crippen LogP contribution in [0.3, 0.4) is 0 Å². The van der Waals surface area contributed by atoms with Crippen LogP contribution in [0.15, 0.2) is 18.2 Å². The Hall–Kier alpha value is -1.55. The number of ether oxygens (including phenoxy) is 1. The van der Waals surface area contributed by atoms with Crippen LogP contribution in [0.2, 0.25) is 5.02 Å². The van der Waals surface area contributed by atoms with E-state index in [1.165, 1.54) is 6.07 Å². The zero-order valence-corrected chi connectivity index (χ0v) is 12.7. The largest absolute Gasteiger partial charge is 0.479 e. The summed E-state index contributed by atoms with van der Waals surface area (Å²) in [5.74, 6) is 0.221. The molecule has 5 heteroatoms. The molecule has 110 valence electrons. The highest BCUT2D eigenvalue weighted by Gasteiger charge is 2.18. The Morgan fingerprint density at radius 1 is 1.40 bits per heavy atom. The molecule has 0 aromatic heterocycles. The van der Waals surface area contributed by atoms with E-state index >= 15 is 0 Å². The number of rotatable bonds is 7. The molecule has 0 bridgehead atoms. The quantitative estimate of drug-likeness (QED) is 0.786. The van der Waals surface area contributed by atoms with E-state index in [0.29, 0.717) is 22.6 Å². The van der Waals surface area contributed by atoms with Crippen molar-refractivity contribution >= 4 is 23.8 Å². The summed E-state index contributed by atoms with van der Waals surface area (Å²) < 4.78 is 5.54. The van der Waals surface area contributed by atoms with Gasteiger partial charge in [-0.15, -0.1) is 0 Å². The van der Waals surface area contributed by atoms with E-state index in [4.69, 9.17) is 16.3 Å². The van der Waals surface area contributed by atoms with Crippen LogP contribution in [0.25, 0.3) is 0 Å². The Morgan fingerprint density at radius 2 is 2.05 bits per heavy atom. The van der Waals surface area contributed by atoms with Crippen molar-refractivity contribution < 1.29 is 14.3 Å². The SMILES string of the molecule is CCC(CC)NC(=O)C(C)Oc1ccc(C=O)cc1Cl.